The Morgan fingerprint density at radius 2 is 2.31 bits per heavy atom. The Labute approximate surface area is 97.0 Å². The molecule has 0 aliphatic carbocycles. The van der Waals surface area contributed by atoms with Crippen LogP contribution in [0.15, 0.2) is 4.42 Å². The van der Waals surface area contributed by atoms with Crippen molar-refractivity contribution in [1.29, 1.82) is 0 Å². The molecule has 1 N–H and O–H groups in total. The molecule has 2 heterocycles. The van der Waals surface area contributed by atoms with Crippen LogP contribution in [0.3, 0.4) is 0 Å². The number of hydrogen-bond donors (Lipinski definition) is 1. The van der Waals surface area contributed by atoms with Crippen molar-refractivity contribution < 1.29 is 4.42 Å². The Balaban J connectivity index is 1.93. The van der Waals surface area contributed by atoms with Crippen LogP contribution in [0.5, 0.6) is 0 Å². The van der Waals surface area contributed by atoms with Gasteiger partial charge in [0.05, 0.1) is 12.2 Å². The lowest BCUT2D eigenvalue weighted by Crippen LogP contribution is -2.43. The number of hydrogen-bond acceptors (Lipinski definition) is 4. The summed E-state index contributed by atoms with van der Waals surface area (Å²) >= 11 is 0. The van der Waals surface area contributed by atoms with Crippen molar-refractivity contribution in [2.45, 2.75) is 39.3 Å². The first-order chi connectivity index (χ1) is 7.66. The quantitative estimate of drug-likeness (QED) is 0.842. The highest BCUT2D eigenvalue weighted by atomic mass is 16.4. The number of piperidine rings is 1. The molecule has 0 spiro atoms. The summed E-state index contributed by atoms with van der Waals surface area (Å²) in [5.74, 6) is 1.77. The molecule has 1 aromatic heterocycles. The van der Waals surface area contributed by atoms with Gasteiger partial charge in [-0.05, 0) is 40.3 Å². The highest BCUT2D eigenvalue weighted by Gasteiger charge is 2.19. The van der Waals surface area contributed by atoms with Gasteiger partial charge in [-0.15, -0.1) is 0 Å². The Morgan fingerprint density at radius 1 is 1.50 bits per heavy atom. The van der Waals surface area contributed by atoms with Crippen LogP contribution in [-0.4, -0.2) is 36.1 Å². The van der Waals surface area contributed by atoms with Gasteiger partial charge in [-0.2, -0.15) is 0 Å². The fraction of sp³-hybridized carbons (Fsp3) is 0.750. The predicted octanol–water partition coefficient (Wildman–Crippen LogP) is 1.48. The van der Waals surface area contributed by atoms with E-state index in [0.717, 1.165) is 37.0 Å². The molecule has 90 valence electrons. The fourth-order valence-corrected chi connectivity index (χ4v) is 2.16. The van der Waals surface area contributed by atoms with Gasteiger partial charge in [0.2, 0.25) is 5.89 Å². The molecule has 0 radical (unpaired) electrons. The van der Waals surface area contributed by atoms with Gasteiger partial charge >= 0.3 is 0 Å². The van der Waals surface area contributed by atoms with E-state index in [1.54, 1.807) is 0 Å². The average Bonchev–Trinajstić information content (AvgIpc) is 2.59. The Morgan fingerprint density at radius 3 is 2.88 bits per heavy atom. The normalized spacial score (nSPS) is 21.6. The molecular formula is C12H21N3O. The molecule has 1 fully saturated rings. The van der Waals surface area contributed by atoms with E-state index in [4.69, 9.17) is 4.42 Å². The summed E-state index contributed by atoms with van der Waals surface area (Å²) in [5, 5.41) is 3.43. The molecule has 0 aromatic carbocycles. The second kappa shape index (κ2) is 4.97. The zero-order valence-electron chi connectivity index (χ0n) is 10.4. The minimum Gasteiger partial charge on any atom is -0.444 e. The van der Waals surface area contributed by atoms with E-state index in [-0.39, 0.29) is 0 Å². The number of rotatable bonds is 3. The maximum atomic E-state index is 5.60. The minimum absolute atomic E-state index is 0.612. The Kier molecular flexibility index (Phi) is 3.61. The molecule has 0 bridgehead atoms. The first-order valence-corrected chi connectivity index (χ1v) is 6.00. The van der Waals surface area contributed by atoms with Crippen LogP contribution in [0.1, 0.15) is 30.2 Å². The molecule has 1 aromatic rings. The lowest BCUT2D eigenvalue weighted by Gasteiger charge is -2.30. The average molecular weight is 223 g/mol. The van der Waals surface area contributed by atoms with Gasteiger partial charge in [-0.25, -0.2) is 4.98 Å². The van der Waals surface area contributed by atoms with Crippen LogP contribution in [0.2, 0.25) is 0 Å². The molecule has 2 rings (SSSR count). The Hall–Kier alpha value is -0.870. The maximum Gasteiger partial charge on any atom is 0.208 e. The van der Waals surface area contributed by atoms with Gasteiger partial charge in [-0.3, -0.25) is 4.90 Å². The second-order valence-corrected chi connectivity index (χ2v) is 4.66. The predicted molar refractivity (Wildman–Crippen MR) is 63.3 cm³/mol. The summed E-state index contributed by atoms with van der Waals surface area (Å²) in [6.07, 6.45) is 2.53. The highest BCUT2D eigenvalue weighted by molar-refractivity contribution is 5.05. The van der Waals surface area contributed by atoms with Gasteiger partial charge < -0.3 is 9.73 Å². The molecule has 4 heteroatoms. The highest BCUT2D eigenvalue weighted by Crippen LogP contribution is 2.14. The molecule has 1 aliphatic rings. The largest absolute Gasteiger partial charge is 0.444 e. The van der Waals surface area contributed by atoms with Gasteiger partial charge in [0.15, 0.2) is 0 Å². The zero-order chi connectivity index (χ0) is 11.5. The summed E-state index contributed by atoms with van der Waals surface area (Å²) in [4.78, 5) is 6.75. The van der Waals surface area contributed by atoms with Crippen LogP contribution >= 0.6 is 0 Å². The summed E-state index contributed by atoms with van der Waals surface area (Å²) in [5.41, 5.74) is 1.00. The third-order valence-corrected chi connectivity index (χ3v) is 3.35. The van der Waals surface area contributed by atoms with Crippen molar-refractivity contribution in [1.82, 2.24) is 15.2 Å². The summed E-state index contributed by atoms with van der Waals surface area (Å²) in [6, 6.07) is 0.612. The van der Waals surface area contributed by atoms with Crippen molar-refractivity contribution in [3.63, 3.8) is 0 Å². The van der Waals surface area contributed by atoms with Crippen LogP contribution in [0.4, 0.5) is 0 Å². The molecule has 1 unspecified atom stereocenters. The summed E-state index contributed by atoms with van der Waals surface area (Å²) < 4.78 is 5.60. The summed E-state index contributed by atoms with van der Waals surface area (Å²) in [6.45, 7) is 7.00. The first kappa shape index (κ1) is 11.6. The molecular weight excluding hydrogens is 202 g/mol. The van der Waals surface area contributed by atoms with Gasteiger partial charge in [0, 0.05) is 12.6 Å². The second-order valence-electron chi connectivity index (χ2n) is 4.66. The topological polar surface area (TPSA) is 41.3 Å². The fourth-order valence-electron chi connectivity index (χ4n) is 2.16. The standard InChI is InChI=1S/C12H21N3O/c1-9-10(2)16-12(14-9)8-15(3)11-5-4-6-13-7-11/h11,13H,4-8H2,1-3H3. The third kappa shape index (κ3) is 2.62. The number of nitrogens with zero attached hydrogens (tertiary/aromatic N) is 2. The first-order valence-electron chi connectivity index (χ1n) is 6.00. The van der Waals surface area contributed by atoms with E-state index in [1.165, 1.54) is 12.8 Å². The van der Waals surface area contributed by atoms with E-state index in [9.17, 15) is 0 Å². The number of oxazole rings is 1. The van der Waals surface area contributed by atoms with Crippen LogP contribution < -0.4 is 5.32 Å². The van der Waals surface area contributed by atoms with E-state index >= 15 is 0 Å². The molecule has 4 nitrogen and oxygen atoms in total. The van der Waals surface area contributed by atoms with Crippen LogP contribution in [-0.2, 0) is 6.54 Å². The van der Waals surface area contributed by atoms with Crippen molar-refractivity contribution in [2.24, 2.45) is 0 Å². The number of likely N-dealkylation sites (N-methyl/N-ethyl adjacent to an activating group) is 1. The summed E-state index contributed by atoms with van der Waals surface area (Å²) in [7, 11) is 2.15. The van der Waals surface area contributed by atoms with Crippen molar-refractivity contribution >= 4 is 0 Å². The Bertz CT molecular complexity index is 323. The molecule has 1 saturated heterocycles. The van der Waals surface area contributed by atoms with Crippen LogP contribution in [0.25, 0.3) is 0 Å². The smallest absolute Gasteiger partial charge is 0.208 e. The molecule has 0 amide bonds. The molecule has 1 aliphatic heterocycles. The SMILES string of the molecule is Cc1nc(CN(C)C2CCCNC2)oc1C. The molecule has 0 saturated carbocycles. The maximum absolute atomic E-state index is 5.60. The number of aryl methyl sites for hydroxylation is 2. The lowest BCUT2D eigenvalue weighted by atomic mass is 10.1. The van der Waals surface area contributed by atoms with Gasteiger partial charge in [-0.1, -0.05) is 0 Å². The van der Waals surface area contributed by atoms with E-state index in [2.05, 4.69) is 22.2 Å². The number of aromatic nitrogens is 1. The van der Waals surface area contributed by atoms with Gasteiger partial charge in [0.1, 0.15) is 5.76 Å². The zero-order valence-corrected chi connectivity index (χ0v) is 10.4. The van der Waals surface area contributed by atoms with E-state index < -0.39 is 0 Å². The van der Waals surface area contributed by atoms with Gasteiger partial charge in [0.25, 0.3) is 0 Å². The monoisotopic (exact) mass is 223 g/mol. The van der Waals surface area contributed by atoms with Crippen molar-refractivity contribution in [3.8, 4) is 0 Å². The van der Waals surface area contributed by atoms with Crippen molar-refractivity contribution in [2.75, 3.05) is 20.1 Å². The molecule has 1 atom stereocenters. The number of nitrogens with one attached hydrogen (secondary N) is 1. The third-order valence-electron chi connectivity index (χ3n) is 3.35. The van der Waals surface area contributed by atoms with Crippen molar-refractivity contribution in [3.05, 3.63) is 17.3 Å². The van der Waals surface area contributed by atoms with E-state index in [0.29, 0.717) is 6.04 Å². The molecule has 16 heavy (non-hydrogen) atoms. The van der Waals surface area contributed by atoms with E-state index in [1.807, 2.05) is 13.8 Å². The minimum atomic E-state index is 0.612. The lowest BCUT2D eigenvalue weighted by molar-refractivity contribution is 0.179. The van der Waals surface area contributed by atoms with Crippen LogP contribution in [0, 0.1) is 13.8 Å².